The second kappa shape index (κ2) is 5.98. The number of amidine groups is 1. The van der Waals surface area contributed by atoms with E-state index in [2.05, 4.69) is 20.0 Å². The maximum atomic E-state index is 14.6. The molecule has 1 amide bonds. The lowest BCUT2D eigenvalue weighted by atomic mass is 9.88. The molecule has 0 aliphatic carbocycles. The molecular weight excluding hydrogens is 361 g/mol. The van der Waals surface area contributed by atoms with Crippen molar-refractivity contribution < 1.29 is 18.5 Å². The van der Waals surface area contributed by atoms with Crippen molar-refractivity contribution in [2.45, 2.75) is 49.1 Å². The third-order valence-corrected chi connectivity index (χ3v) is 9.62. The number of thiol groups is 1. The van der Waals surface area contributed by atoms with Crippen molar-refractivity contribution in [1.29, 1.82) is 0 Å². The molecule has 26 heavy (non-hydrogen) atoms. The van der Waals surface area contributed by atoms with Gasteiger partial charge in [-0.05, 0) is 55.9 Å². The first-order valence-electron chi connectivity index (χ1n) is 8.40. The van der Waals surface area contributed by atoms with Gasteiger partial charge in [-0.1, -0.05) is 0 Å². The summed E-state index contributed by atoms with van der Waals surface area (Å²) in [6.07, 6.45) is -0.00640. The maximum absolute atomic E-state index is 14.6. The third kappa shape index (κ3) is 2.59. The minimum atomic E-state index is -3.21. The Kier molecular flexibility index (Phi) is 4.31. The predicted octanol–water partition coefficient (Wildman–Crippen LogP) is 1.16. The average Bonchev–Trinajstić information content (AvgIpc) is 2.55. The van der Waals surface area contributed by atoms with Crippen molar-refractivity contribution in [2.24, 2.45) is 4.99 Å². The number of anilines is 1. The molecule has 0 spiro atoms. The summed E-state index contributed by atoms with van der Waals surface area (Å²) in [5.41, 5.74) is 4.41. The Labute approximate surface area is 152 Å². The summed E-state index contributed by atoms with van der Waals surface area (Å²) in [6, 6.07) is 2.54. The van der Waals surface area contributed by atoms with Gasteiger partial charge in [0.1, 0.15) is 28.7 Å². The van der Waals surface area contributed by atoms with Gasteiger partial charge in [0.2, 0.25) is 0 Å². The molecule has 1 aromatic rings. The fraction of sp³-hybridized carbons (Fsp3) is 0.562. The standard InChI is InChI=1S/C16H24FN5O3S/c1-15(2)13(21-14(23)24)22-16(3,10-5-4-8-19-26(10,15)25)12-9(17)6-7-11(18)20-12/h6-7,10,26H,4-5,8H2,1-3H3,(H2,18,20)(H,19,25)(H,21,22)(H,23,24)/t10-,16-/m0/s1. The molecule has 144 valence electrons. The number of hydrogen-bond donors (Lipinski definition) is 5. The molecule has 3 heterocycles. The summed E-state index contributed by atoms with van der Waals surface area (Å²) in [6.45, 7) is 5.56. The zero-order valence-electron chi connectivity index (χ0n) is 14.9. The maximum Gasteiger partial charge on any atom is 0.410 e. The number of nitrogens with two attached hydrogens (primary N) is 1. The van der Waals surface area contributed by atoms with Crippen LogP contribution in [0.3, 0.4) is 0 Å². The van der Waals surface area contributed by atoms with Gasteiger partial charge in [0, 0.05) is 6.54 Å². The van der Waals surface area contributed by atoms with Crippen molar-refractivity contribution in [3.8, 4) is 0 Å². The summed E-state index contributed by atoms with van der Waals surface area (Å²) in [4.78, 5) is 20.0. The van der Waals surface area contributed by atoms with E-state index >= 15 is 0 Å². The summed E-state index contributed by atoms with van der Waals surface area (Å²) in [5, 5.41) is 10.9. The first-order chi connectivity index (χ1) is 12.0. The highest BCUT2D eigenvalue weighted by atomic mass is 32.3. The van der Waals surface area contributed by atoms with E-state index in [1.54, 1.807) is 20.8 Å². The Bertz CT molecular complexity index is 843. The van der Waals surface area contributed by atoms with E-state index in [-0.39, 0.29) is 17.3 Å². The summed E-state index contributed by atoms with van der Waals surface area (Å²) < 4.78 is 30.7. The van der Waals surface area contributed by atoms with Gasteiger partial charge >= 0.3 is 6.09 Å². The number of pyridine rings is 1. The van der Waals surface area contributed by atoms with Crippen LogP contribution in [0.5, 0.6) is 0 Å². The van der Waals surface area contributed by atoms with Gasteiger partial charge in [0.25, 0.3) is 0 Å². The third-order valence-electron chi connectivity index (χ3n) is 5.42. The van der Waals surface area contributed by atoms with E-state index in [4.69, 9.17) is 5.73 Å². The summed E-state index contributed by atoms with van der Waals surface area (Å²) >= 11 is 0. The van der Waals surface area contributed by atoms with E-state index in [1.807, 2.05) is 0 Å². The molecule has 2 atom stereocenters. The molecule has 2 aliphatic heterocycles. The molecule has 1 aromatic heterocycles. The monoisotopic (exact) mass is 385 g/mol. The number of rotatable bonds is 1. The number of amides is 1. The van der Waals surface area contributed by atoms with Crippen molar-refractivity contribution in [1.82, 2.24) is 15.0 Å². The normalized spacial score (nSPS) is 30.6. The highest BCUT2D eigenvalue weighted by Gasteiger charge is 2.58. The van der Waals surface area contributed by atoms with Crippen LogP contribution in [0.15, 0.2) is 17.1 Å². The van der Waals surface area contributed by atoms with E-state index in [9.17, 15) is 18.5 Å². The van der Waals surface area contributed by atoms with Crippen LogP contribution in [0.1, 0.15) is 39.3 Å². The van der Waals surface area contributed by atoms with E-state index in [0.717, 1.165) is 6.42 Å². The Morgan fingerprint density at radius 2 is 2.15 bits per heavy atom. The number of nitrogens with one attached hydrogen (secondary N) is 2. The number of aliphatic imine (C=N–C) groups is 1. The Morgan fingerprint density at radius 1 is 1.46 bits per heavy atom. The lowest BCUT2D eigenvalue weighted by Gasteiger charge is -2.56. The number of nitrogens with zero attached hydrogens (tertiary/aromatic N) is 2. The molecule has 5 N–H and O–H groups in total. The lowest BCUT2D eigenvalue weighted by molar-refractivity contribution is 0.199. The van der Waals surface area contributed by atoms with Crippen LogP contribution in [-0.2, 0) is 15.7 Å². The average molecular weight is 385 g/mol. The SMILES string of the molecule is CC1(C)C(NC(=O)O)=N[C@](C)(c2nc(N)ccc2F)[C@@H]2CCCN[SH]21=O. The molecule has 0 saturated carbocycles. The number of halogens is 1. The number of carboxylic acid groups (broad SMARTS) is 1. The molecule has 0 radical (unpaired) electrons. The molecule has 0 bridgehead atoms. The molecule has 0 unspecified atom stereocenters. The Hall–Kier alpha value is -2.07. The van der Waals surface area contributed by atoms with Gasteiger partial charge in [-0.25, -0.2) is 14.2 Å². The Morgan fingerprint density at radius 3 is 2.81 bits per heavy atom. The zero-order valence-corrected chi connectivity index (χ0v) is 15.8. The van der Waals surface area contributed by atoms with Gasteiger partial charge in [-0.2, -0.15) is 0 Å². The van der Waals surface area contributed by atoms with E-state index in [1.165, 1.54) is 12.1 Å². The highest BCUT2D eigenvalue weighted by molar-refractivity contribution is 8.04. The van der Waals surface area contributed by atoms with Crippen LogP contribution in [-0.4, -0.2) is 42.8 Å². The molecule has 3 rings (SSSR count). The number of hydrogen-bond acceptors (Lipinski definition) is 5. The number of carbonyl (C=O) groups is 1. The topological polar surface area (TPSA) is 130 Å². The van der Waals surface area contributed by atoms with Gasteiger partial charge in [-0.3, -0.25) is 19.2 Å². The first-order valence-corrected chi connectivity index (χ1v) is 10.2. The van der Waals surface area contributed by atoms with Gasteiger partial charge < -0.3 is 10.8 Å². The molecule has 1 saturated heterocycles. The fourth-order valence-corrected chi connectivity index (χ4v) is 7.70. The van der Waals surface area contributed by atoms with Crippen molar-refractivity contribution in [2.75, 3.05) is 12.3 Å². The molecule has 0 aromatic carbocycles. The molecule has 8 nitrogen and oxygen atoms in total. The minimum Gasteiger partial charge on any atom is -0.465 e. The number of nitrogen functional groups attached to an aromatic ring is 1. The first kappa shape index (κ1) is 18.7. The smallest absolute Gasteiger partial charge is 0.410 e. The van der Waals surface area contributed by atoms with Crippen LogP contribution >= 0.6 is 0 Å². The lowest BCUT2D eigenvalue weighted by Crippen LogP contribution is -2.70. The van der Waals surface area contributed by atoms with Gasteiger partial charge in [0.15, 0.2) is 0 Å². The molecule has 2 aliphatic rings. The van der Waals surface area contributed by atoms with Gasteiger partial charge in [-0.15, -0.1) is 0 Å². The number of fused-ring (bicyclic) bond motifs is 1. The van der Waals surface area contributed by atoms with Crippen LogP contribution in [0, 0.1) is 5.82 Å². The van der Waals surface area contributed by atoms with Crippen molar-refractivity contribution in [3.63, 3.8) is 0 Å². The van der Waals surface area contributed by atoms with Crippen molar-refractivity contribution >= 4 is 27.9 Å². The highest BCUT2D eigenvalue weighted by Crippen LogP contribution is 2.48. The van der Waals surface area contributed by atoms with E-state index < -0.39 is 37.6 Å². The van der Waals surface area contributed by atoms with Crippen molar-refractivity contribution in [3.05, 3.63) is 23.6 Å². The summed E-state index contributed by atoms with van der Waals surface area (Å²) in [7, 11) is -3.21. The van der Waals surface area contributed by atoms with Gasteiger partial charge in [0.05, 0.1) is 10.00 Å². The Balaban J connectivity index is 2.30. The summed E-state index contributed by atoms with van der Waals surface area (Å²) in [5.74, 6) is -0.462. The number of aromatic nitrogens is 1. The zero-order chi connectivity index (χ0) is 19.3. The predicted molar refractivity (Wildman–Crippen MR) is 99.2 cm³/mol. The molecular formula is C16H24FN5O3S. The molecule has 1 fully saturated rings. The van der Waals surface area contributed by atoms with E-state index in [0.29, 0.717) is 13.0 Å². The second-order valence-electron chi connectivity index (χ2n) is 7.39. The minimum absolute atomic E-state index is 0.0217. The fourth-order valence-electron chi connectivity index (χ4n) is 3.96. The second-order valence-corrected chi connectivity index (χ2v) is 10.8. The quantitative estimate of drug-likeness (QED) is 0.463. The molecule has 10 heteroatoms. The van der Waals surface area contributed by atoms with Crippen LogP contribution in [0.2, 0.25) is 0 Å². The van der Waals surface area contributed by atoms with Crippen LogP contribution < -0.4 is 15.8 Å². The van der Waals surface area contributed by atoms with Crippen LogP contribution in [0.25, 0.3) is 0 Å². The van der Waals surface area contributed by atoms with Crippen LogP contribution in [0.4, 0.5) is 15.0 Å². The largest absolute Gasteiger partial charge is 0.465 e.